The highest BCUT2D eigenvalue weighted by Crippen LogP contribution is 2.43. The van der Waals surface area contributed by atoms with E-state index in [0.29, 0.717) is 18.3 Å². The maximum absolute atomic E-state index is 12.7. The predicted molar refractivity (Wildman–Crippen MR) is 101 cm³/mol. The third-order valence-corrected chi connectivity index (χ3v) is 4.71. The SMILES string of the molecule is CCCOc1ccc(N[P@@](C)(=O)Oc2ccc(C(C)C)cc2)cc1. The number of ether oxygens (including phenoxy) is 1. The summed E-state index contributed by atoms with van der Waals surface area (Å²) in [5, 5.41) is 2.97. The molecule has 0 radical (unpaired) electrons. The van der Waals surface area contributed by atoms with Crippen LogP contribution in [-0.4, -0.2) is 13.3 Å². The molecule has 0 unspecified atom stereocenters. The normalized spacial score (nSPS) is 13.4. The number of hydrogen-bond acceptors (Lipinski definition) is 3. The molecule has 0 amide bonds. The van der Waals surface area contributed by atoms with Crippen molar-refractivity contribution in [2.45, 2.75) is 33.1 Å². The lowest BCUT2D eigenvalue weighted by Gasteiger charge is -2.18. The third-order valence-electron chi connectivity index (χ3n) is 3.49. The van der Waals surface area contributed by atoms with Crippen molar-refractivity contribution in [3.63, 3.8) is 0 Å². The van der Waals surface area contributed by atoms with Crippen molar-refractivity contribution in [3.05, 3.63) is 54.1 Å². The molecule has 0 heterocycles. The first-order valence-corrected chi connectivity index (χ1v) is 10.3. The molecule has 0 saturated carbocycles. The largest absolute Gasteiger partial charge is 0.494 e. The second kappa shape index (κ2) is 8.25. The average Bonchev–Trinajstić information content (AvgIpc) is 2.54. The van der Waals surface area contributed by atoms with Gasteiger partial charge in [0.2, 0.25) is 0 Å². The molecule has 0 spiro atoms. The first kappa shape index (κ1) is 18.4. The Balaban J connectivity index is 1.98. The topological polar surface area (TPSA) is 47.6 Å². The minimum absolute atomic E-state index is 0.457. The molecule has 2 aromatic carbocycles. The molecule has 0 aliphatic rings. The third kappa shape index (κ3) is 5.61. The van der Waals surface area contributed by atoms with Crippen LogP contribution in [0.25, 0.3) is 0 Å². The van der Waals surface area contributed by atoms with Crippen molar-refractivity contribution < 1.29 is 13.8 Å². The van der Waals surface area contributed by atoms with Crippen molar-refractivity contribution in [2.24, 2.45) is 0 Å². The van der Waals surface area contributed by atoms with E-state index in [1.54, 1.807) is 6.66 Å². The Morgan fingerprint density at radius 3 is 2.12 bits per heavy atom. The van der Waals surface area contributed by atoms with Crippen LogP contribution >= 0.6 is 7.52 Å². The van der Waals surface area contributed by atoms with Gasteiger partial charge in [-0.2, -0.15) is 0 Å². The second-order valence-corrected chi connectivity index (χ2v) is 8.24. The number of nitrogens with one attached hydrogen (secondary N) is 1. The van der Waals surface area contributed by atoms with Gasteiger partial charge in [0, 0.05) is 12.4 Å². The first-order valence-electron chi connectivity index (χ1n) is 8.28. The number of anilines is 1. The van der Waals surface area contributed by atoms with Crippen molar-refractivity contribution >= 4 is 13.2 Å². The van der Waals surface area contributed by atoms with E-state index in [1.807, 2.05) is 48.5 Å². The molecule has 0 fully saturated rings. The lowest BCUT2D eigenvalue weighted by Crippen LogP contribution is -2.02. The zero-order valence-electron chi connectivity index (χ0n) is 14.8. The van der Waals surface area contributed by atoms with Gasteiger partial charge in [-0.15, -0.1) is 0 Å². The highest BCUT2D eigenvalue weighted by atomic mass is 31.2. The van der Waals surface area contributed by atoms with Gasteiger partial charge in [0.05, 0.1) is 6.61 Å². The van der Waals surface area contributed by atoms with Crippen LogP contribution in [0.4, 0.5) is 5.69 Å². The van der Waals surface area contributed by atoms with E-state index in [-0.39, 0.29) is 0 Å². The Labute approximate surface area is 144 Å². The Hall–Kier alpha value is -1.93. The molecule has 24 heavy (non-hydrogen) atoms. The number of hydrogen-bond donors (Lipinski definition) is 1. The predicted octanol–water partition coefficient (Wildman–Crippen LogP) is 5.91. The molecule has 0 bridgehead atoms. The molecule has 4 nitrogen and oxygen atoms in total. The fourth-order valence-electron chi connectivity index (χ4n) is 2.22. The molecule has 1 N–H and O–H groups in total. The Morgan fingerprint density at radius 2 is 1.58 bits per heavy atom. The summed E-state index contributed by atoms with van der Waals surface area (Å²) in [5.41, 5.74) is 1.97. The molecule has 1 atom stereocenters. The van der Waals surface area contributed by atoms with Crippen LogP contribution in [-0.2, 0) is 4.57 Å². The molecule has 130 valence electrons. The van der Waals surface area contributed by atoms with E-state index in [4.69, 9.17) is 9.26 Å². The fraction of sp³-hybridized carbons (Fsp3) is 0.368. The second-order valence-electron chi connectivity index (χ2n) is 6.15. The van der Waals surface area contributed by atoms with Crippen LogP contribution in [0.15, 0.2) is 48.5 Å². The minimum Gasteiger partial charge on any atom is -0.494 e. The zero-order valence-corrected chi connectivity index (χ0v) is 15.7. The van der Waals surface area contributed by atoms with Gasteiger partial charge in [-0.1, -0.05) is 32.9 Å². The van der Waals surface area contributed by atoms with Gasteiger partial charge in [0.1, 0.15) is 11.5 Å². The van der Waals surface area contributed by atoms with Gasteiger partial charge in [-0.25, -0.2) is 0 Å². The summed E-state index contributed by atoms with van der Waals surface area (Å²) >= 11 is 0. The summed E-state index contributed by atoms with van der Waals surface area (Å²) in [6.07, 6.45) is 0.966. The molecule has 2 rings (SSSR count). The average molecular weight is 347 g/mol. The zero-order chi connectivity index (χ0) is 17.6. The lowest BCUT2D eigenvalue weighted by molar-refractivity contribution is 0.317. The van der Waals surface area contributed by atoms with Crippen LogP contribution in [0, 0.1) is 0 Å². The standard InChI is InChI=1S/C19H26NO3P/c1-5-14-22-18-12-8-17(9-13-18)20-24(4,21)23-19-10-6-16(7-11-19)15(2)3/h6-13,15H,5,14H2,1-4H3,(H,20,21)/t24-/m0/s1. The van der Waals surface area contributed by atoms with Crippen LogP contribution < -0.4 is 14.3 Å². The van der Waals surface area contributed by atoms with Gasteiger partial charge < -0.3 is 14.3 Å². The lowest BCUT2D eigenvalue weighted by atomic mass is 10.0. The van der Waals surface area contributed by atoms with Crippen molar-refractivity contribution in [1.82, 2.24) is 0 Å². The molecule has 5 heteroatoms. The van der Waals surface area contributed by atoms with Gasteiger partial charge in [-0.3, -0.25) is 4.57 Å². The summed E-state index contributed by atoms with van der Waals surface area (Å²) in [5.74, 6) is 1.86. The minimum atomic E-state index is -3.00. The van der Waals surface area contributed by atoms with Crippen molar-refractivity contribution in [2.75, 3.05) is 18.4 Å². The van der Waals surface area contributed by atoms with E-state index in [0.717, 1.165) is 17.9 Å². The van der Waals surface area contributed by atoms with Gasteiger partial charge in [-0.05, 0) is 54.3 Å². The summed E-state index contributed by atoms with van der Waals surface area (Å²) in [6.45, 7) is 8.60. The molecular formula is C19H26NO3P. The summed E-state index contributed by atoms with van der Waals surface area (Å²) < 4.78 is 23.9. The van der Waals surface area contributed by atoms with E-state index in [9.17, 15) is 4.57 Å². The van der Waals surface area contributed by atoms with Crippen LogP contribution in [0.1, 0.15) is 38.7 Å². The maximum atomic E-state index is 12.7. The molecule has 0 aliphatic carbocycles. The van der Waals surface area contributed by atoms with E-state index in [2.05, 4.69) is 25.9 Å². The van der Waals surface area contributed by atoms with Gasteiger partial charge >= 0.3 is 7.52 Å². The van der Waals surface area contributed by atoms with Crippen LogP contribution in [0.2, 0.25) is 0 Å². The van der Waals surface area contributed by atoms with Crippen molar-refractivity contribution in [3.8, 4) is 11.5 Å². The maximum Gasteiger partial charge on any atom is 0.338 e. The molecule has 2 aromatic rings. The quantitative estimate of drug-likeness (QED) is 0.603. The monoisotopic (exact) mass is 347 g/mol. The van der Waals surface area contributed by atoms with E-state index >= 15 is 0 Å². The highest BCUT2D eigenvalue weighted by molar-refractivity contribution is 7.60. The first-order chi connectivity index (χ1) is 11.4. The smallest absolute Gasteiger partial charge is 0.338 e. The van der Waals surface area contributed by atoms with Crippen molar-refractivity contribution in [1.29, 1.82) is 0 Å². The Kier molecular flexibility index (Phi) is 6.33. The van der Waals surface area contributed by atoms with Gasteiger partial charge in [0.25, 0.3) is 0 Å². The summed E-state index contributed by atoms with van der Waals surface area (Å²) in [6, 6.07) is 15.1. The molecule has 0 saturated heterocycles. The number of benzene rings is 2. The Bertz CT molecular complexity index is 681. The Morgan fingerprint density at radius 1 is 1.00 bits per heavy atom. The molecule has 0 aliphatic heterocycles. The molecular weight excluding hydrogens is 321 g/mol. The van der Waals surface area contributed by atoms with Crippen LogP contribution in [0.5, 0.6) is 11.5 Å². The summed E-state index contributed by atoms with van der Waals surface area (Å²) in [4.78, 5) is 0. The number of rotatable bonds is 8. The van der Waals surface area contributed by atoms with Gasteiger partial charge in [0.15, 0.2) is 0 Å². The van der Waals surface area contributed by atoms with E-state index in [1.165, 1.54) is 5.56 Å². The van der Waals surface area contributed by atoms with Crippen LogP contribution in [0.3, 0.4) is 0 Å². The highest BCUT2D eigenvalue weighted by Gasteiger charge is 2.17. The summed E-state index contributed by atoms with van der Waals surface area (Å²) in [7, 11) is -3.00. The fourth-order valence-corrected chi connectivity index (χ4v) is 3.41. The van der Waals surface area contributed by atoms with E-state index < -0.39 is 7.52 Å². The molecule has 0 aromatic heterocycles.